The zero-order valence-corrected chi connectivity index (χ0v) is 12.3. The van der Waals surface area contributed by atoms with Crippen molar-refractivity contribution in [3.63, 3.8) is 0 Å². The molecule has 4 nitrogen and oxygen atoms in total. The quantitative estimate of drug-likeness (QED) is 0.851. The standard InChI is InChI=1S/C16H22N2O2/c1-4-17-11(2)10-18-16(19)12(3)15-9-13-7-5-6-8-14(13)20-15/h5-9,11-12,17H,4,10H2,1-3H3,(H,18,19)/t11-,12?/m1/s1. The van der Waals surface area contributed by atoms with Gasteiger partial charge < -0.3 is 15.1 Å². The van der Waals surface area contributed by atoms with Crippen LogP contribution in [0.5, 0.6) is 0 Å². The molecule has 1 aromatic heterocycles. The maximum Gasteiger partial charge on any atom is 0.230 e. The van der Waals surface area contributed by atoms with E-state index in [1.807, 2.05) is 37.3 Å². The van der Waals surface area contributed by atoms with Gasteiger partial charge in [-0.3, -0.25) is 4.79 Å². The minimum absolute atomic E-state index is 0.00573. The largest absolute Gasteiger partial charge is 0.460 e. The number of carbonyl (C=O) groups excluding carboxylic acids is 1. The van der Waals surface area contributed by atoms with Gasteiger partial charge >= 0.3 is 0 Å². The summed E-state index contributed by atoms with van der Waals surface area (Å²) in [5, 5.41) is 7.24. The highest BCUT2D eigenvalue weighted by molar-refractivity contribution is 5.85. The Morgan fingerprint density at radius 1 is 1.30 bits per heavy atom. The summed E-state index contributed by atoms with van der Waals surface area (Å²) in [5.41, 5.74) is 0.822. The van der Waals surface area contributed by atoms with Gasteiger partial charge in [-0.05, 0) is 32.5 Å². The third kappa shape index (κ3) is 3.39. The van der Waals surface area contributed by atoms with Crippen molar-refractivity contribution in [3.05, 3.63) is 36.1 Å². The first-order chi connectivity index (χ1) is 9.61. The number of hydrogen-bond donors (Lipinski definition) is 2. The lowest BCUT2D eigenvalue weighted by Crippen LogP contribution is -2.40. The number of rotatable bonds is 6. The highest BCUT2D eigenvalue weighted by Crippen LogP contribution is 2.24. The van der Waals surface area contributed by atoms with Gasteiger partial charge in [-0.15, -0.1) is 0 Å². The van der Waals surface area contributed by atoms with Crippen LogP contribution in [0.2, 0.25) is 0 Å². The second-order valence-electron chi connectivity index (χ2n) is 5.11. The summed E-state index contributed by atoms with van der Waals surface area (Å²) in [6.07, 6.45) is 0. The number of fused-ring (bicyclic) bond motifs is 1. The molecule has 2 rings (SSSR count). The first-order valence-electron chi connectivity index (χ1n) is 7.11. The second kappa shape index (κ2) is 6.57. The van der Waals surface area contributed by atoms with Gasteiger partial charge in [0.05, 0.1) is 5.92 Å². The summed E-state index contributed by atoms with van der Waals surface area (Å²) in [6.45, 7) is 7.49. The van der Waals surface area contributed by atoms with Crippen molar-refractivity contribution in [1.82, 2.24) is 10.6 Å². The summed E-state index contributed by atoms with van der Waals surface area (Å²) in [4.78, 5) is 12.1. The van der Waals surface area contributed by atoms with Crippen LogP contribution in [-0.2, 0) is 4.79 Å². The van der Waals surface area contributed by atoms with Crippen LogP contribution in [0.1, 0.15) is 32.4 Å². The number of nitrogens with one attached hydrogen (secondary N) is 2. The van der Waals surface area contributed by atoms with Gasteiger partial charge in [-0.1, -0.05) is 25.1 Å². The fourth-order valence-corrected chi connectivity index (χ4v) is 2.17. The van der Waals surface area contributed by atoms with Crippen molar-refractivity contribution in [1.29, 1.82) is 0 Å². The van der Waals surface area contributed by atoms with Crippen molar-refractivity contribution >= 4 is 16.9 Å². The molecule has 2 aromatic rings. The fraction of sp³-hybridized carbons (Fsp3) is 0.438. The molecule has 1 amide bonds. The molecule has 2 atom stereocenters. The number of likely N-dealkylation sites (N-methyl/N-ethyl adjacent to an activating group) is 1. The molecule has 2 N–H and O–H groups in total. The van der Waals surface area contributed by atoms with E-state index in [-0.39, 0.29) is 17.9 Å². The van der Waals surface area contributed by atoms with Gasteiger partial charge in [0, 0.05) is 18.0 Å². The normalized spacial score (nSPS) is 14.2. The number of carbonyl (C=O) groups is 1. The molecule has 20 heavy (non-hydrogen) atoms. The lowest BCUT2D eigenvalue weighted by Gasteiger charge is -2.15. The minimum atomic E-state index is -0.281. The van der Waals surface area contributed by atoms with Crippen LogP contribution < -0.4 is 10.6 Å². The summed E-state index contributed by atoms with van der Waals surface area (Å²) >= 11 is 0. The van der Waals surface area contributed by atoms with Gasteiger partial charge in [-0.2, -0.15) is 0 Å². The number of amides is 1. The third-order valence-corrected chi connectivity index (χ3v) is 3.40. The molecule has 0 saturated carbocycles. The molecule has 1 unspecified atom stereocenters. The minimum Gasteiger partial charge on any atom is -0.460 e. The topological polar surface area (TPSA) is 54.3 Å². The van der Waals surface area contributed by atoms with Crippen LogP contribution in [-0.4, -0.2) is 25.0 Å². The molecular formula is C16H22N2O2. The molecule has 108 valence electrons. The van der Waals surface area contributed by atoms with E-state index in [0.717, 1.165) is 17.5 Å². The smallest absolute Gasteiger partial charge is 0.230 e. The summed E-state index contributed by atoms with van der Waals surface area (Å²) in [6, 6.07) is 10.00. The van der Waals surface area contributed by atoms with E-state index in [0.29, 0.717) is 12.3 Å². The number of hydrogen-bond acceptors (Lipinski definition) is 3. The van der Waals surface area contributed by atoms with Gasteiger partial charge in [0.2, 0.25) is 5.91 Å². The zero-order valence-electron chi connectivity index (χ0n) is 12.3. The average Bonchev–Trinajstić information content (AvgIpc) is 2.88. The maximum atomic E-state index is 12.1. The number of furan rings is 1. The highest BCUT2D eigenvalue weighted by Gasteiger charge is 2.19. The molecule has 0 fully saturated rings. The second-order valence-corrected chi connectivity index (χ2v) is 5.11. The predicted molar refractivity (Wildman–Crippen MR) is 80.8 cm³/mol. The molecule has 0 spiro atoms. The zero-order chi connectivity index (χ0) is 14.5. The van der Waals surface area contributed by atoms with E-state index in [9.17, 15) is 4.79 Å². The van der Waals surface area contributed by atoms with Crippen LogP contribution in [0.15, 0.2) is 34.7 Å². The first-order valence-corrected chi connectivity index (χ1v) is 7.11. The Balaban J connectivity index is 1.99. The molecule has 1 aromatic carbocycles. The Hall–Kier alpha value is -1.81. The Labute approximate surface area is 119 Å². The molecule has 0 saturated heterocycles. The van der Waals surface area contributed by atoms with E-state index in [4.69, 9.17) is 4.42 Å². The van der Waals surface area contributed by atoms with Crippen molar-refractivity contribution in [2.75, 3.05) is 13.1 Å². The molecular weight excluding hydrogens is 252 g/mol. The molecule has 0 radical (unpaired) electrons. The molecule has 1 heterocycles. The van der Waals surface area contributed by atoms with Crippen molar-refractivity contribution in [2.45, 2.75) is 32.7 Å². The number of benzene rings is 1. The molecule has 0 bridgehead atoms. The average molecular weight is 274 g/mol. The van der Waals surface area contributed by atoms with E-state index in [1.165, 1.54) is 0 Å². The maximum absolute atomic E-state index is 12.1. The monoisotopic (exact) mass is 274 g/mol. The Morgan fingerprint density at radius 2 is 2.05 bits per heavy atom. The number of para-hydroxylation sites is 1. The van der Waals surface area contributed by atoms with Gasteiger partial charge in [0.1, 0.15) is 11.3 Å². The van der Waals surface area contributed by atoms with Gasteiger partial charge in [0.25, 0.3) is 0 Å². The molecule has 4 heteroatoms. The Morgan fingerprint density at radius 3 is 2.75 bits per heavy atom. The van der Waals surface area contributed by atoms with E-state index in [1.54, 1.807) is 0 Å². The van der Waals surface area contributed by atoms with Crippen LogP contribution in [0.25, 0.3) is 11.0 Å². The fourth-order valence-electron chi connectivity index (χ4n) is 2.17. The van der Waals surface area contributed by atoms with Gasteiger partial charge in [-0.25, -0.2) is 0 Å². The van der Waals surface area contributed by atoms with Crippen LogP contribution in [0, 0.1) is 0 Å². The molecule has 0 aliphatic rings. The highest BCUT2D eigenvalue weighted by atomic mass is 16.3. The Kier molecular flexibility index (Phi) is 4.79. The molecule has 0 aliphatic heterocycles. The van der Waals surface area contributed by atoms with Gasteiger partial charge in [0.15, 0.2) is 0 Å². The Bertz CT molecular complexity index is 544. The van der Waals surface area contributed by atoms with Crippen molar-refractivity contribution in [2.24, 2.45) is 0 Å². The molecule has 0 aliphatic carbocycles. The summed E-state index contributed by atoms with van der Waals surface area (Å²) in [7, 11) is 0. The van der Waals surface area contributed by atoms with Crippen molar-refractivity contribution < 1.29 is 9.21 Å². The SMILES string of the molecule is CCN[C@H](C)CNC(=O)C(C)c1cc2ccccc2o1. The predicted octanol–water partition coefficient (Wildman–Crippen LogP) is 2.65. The van der Waals surface area contributed by atoms with E-state index >= 15 is 0 Å². The van der Waals surface area contributed by atoms with Crippen LogP contribution in [0.4, 0.5) is 0 Å². The van der Waals surface area contributed by atoms with Crippen molar-refractivity contribution in [3.8, 4) is 0 Å². The van der Waals surface area contributed by atoms with E-state index < -0.39 is 0 Å². The lowest BCUT2D eigenvalue weighted by atomic mass is 10.1. The first kappa shape index (κ1) is 14.6. The van der Waals surface area contributed by atoms with Crippen LogP contribution in [0.3, 0.4) is 0 Å². The third-order valence-electron chi connectivity index (χ3n) is 3.40. The summed E-state index contributed by atoms with van der Waals surface area (Å²) < 4.78 is 5.73. The van der Waals surface area contributed by atoms with E-state index in [2.05, 4.69) is 24.5 Å². The lowest BCUT2D eigenvalue weighted by molar-refractivity contribution is -0.122. The van der Waals surface area contributed by atoms with Crippen LogP contribution >= 0.6 is 0 Å². The summed E-state index contributed by atoms with van der Waals surface area (Å²) in [5.74, 6) is 0.421.